The van der Waals surface area contributed by atoms with Crippen molar-refractivity contribution < 1.29 is 24.2 Å². The lowest BCUT2D eigenvalue weighted by molar-refractivity contribution is -0.145. The Morgan fingerprint density at radius 2 is 2.13 bits per heavy atom. The van der Waals surface area contributed by atoms with Gasteiger partial charge in [-0.15, -0.1) is 11.3 Å². The van der Waals surface area contributed by atoms with Gasteiger partial charge in [-0.25, -0.2) is 9.78 Å². The number of amides is 1. The molecule has 0 aliphatic carbocycles. The molecule has 1 unspecified atom stereocenters. The van der Waals surface area contributed by atoms with E-state index in [0.717, 1.165) is 11.3 Å². The summed E-state index contributed by atoms with van der Waals surface area (Å²) in [6, 6.07) is 5.11. The summed E-state index contributed by atoms with van der Waals surface area (Å²) in [5.74, 6) is -0.439. The third kappa shape index (κ3) is 5.26. The predicted octanol–water partition coefficient (Wildman–Crippen LogP) is 4.33. The first-order valence-corrected chi connectivity index (χ1v) is 11.4. The molecule has 2 heterocycles. The van der Waals surface area contributed by atoms with E-state index in [9.17, 15) is 14.7 Å². The number of carboxylic acid groups (broad SMARTS) is 1. The minimum absolute atomic E-state index is 0.129. The third-order valence-corrected chi connectivity index (χ3v) is 6.26. The van der Waals surface area contributed by atoms with E-state index in [1.807, 2.05) is 19.2 Å². The molecule has 164 valence electrons. The number of aliphatic imine (C=N–C) groups is 1. The number of aryl methyl sites for hydroxylation is 1. The van der Waals surface area contributed by atoms with Gasteiger partial charge in [0.2, 0.25) is 5.13 Å². The van der Waals surface area contributed by atoms with Gasteiger partial charge in [-0.1, -0.05) is 13.0 Å². The molecule has 1 atom stereocenters. The van der Waals surface area contributed by atoms with Crippen LogP contribution in [0.2, 0.25) is 0 Å². The number of aliphatic carboxylic acids is 1. The number of aromatic nitrogens is 1. The summed E-state index contributed by atoms with van der Waals surface area (Å²) in [6.45, 7) is 6.02. The highest BCUT2D eigenvalue weighted by molar-refractivity contribution is 8.18. The van der Waals surface area contributed by atoms with Crippen molar-refractivity contribution in [3.63, 3.8) is 0 Å². The number of hydrogen-bond acceptors (Lipinski definition) is 8. The van der Waals surface area contributed by atoms with Gasteiger partial charge in [-0.05, 0) is 55.8 Å². The molecule has 1 aromatic carbocycles. The summed E-state index contributed by atoms with van der Waals surface area (Å²) in [4.78, 5) is 35.1. The average molecular weight is 462 g/mol. The molecule has 0 saturated carbocycles. The second kappa shape index (κ2) is 9.97. The molecule has 1 aromatic heterocycles. The van der Waals surface area contributed by atoms with Crippen LogP contribution in [0, 0.1) is 6.92 Å². The van der Waals surface area contributed by atoms with E-state index >= 15 is 0 Å². The zero-order valence-corrected chi connectivity index (χ0v) is 19.2. The average Bonchev–Trinajstić information content (AvgIpc) is 3.28. The number of rotatable bonds is 8. The van der Waals surface area contributed by atoms with Crippen LogP contribution in [0.4, 0.5) is 5.13 Å². The minimum atomic E-state index is -1.04. The van der Waals surface area contributed by atoms with Crippen molar-refractivity contribution in [3.8, 4) is 11.5 Å². The fourth-order valence-electron chi connectivity index (χ4n) is 2.83. The highest BCUT2D eigenvalue weighted by atomic mass is 32.2. The zero-order chi connectivity index (χ0) is 22.5. The SMILES string of the molecule is CCC(Oc1ccc(/C=C2/S/C(=N/c3nc(C)cs3)N(CC)C2=O)cc1OC)C(=O)O. The second-order valence-corrected chi connectivity index (χ2v) is 8.43. The summed E-state index contributed by atoms with van der Waals surface area (Å²) in [5.41, 5.74) is 1.62. The molecule has 10 heteroatoms. The maximum atomic E-state index is 12.8. The molecular formula is C21H23N3O5S2. The summed E-state index contributed by atoms with van der Waals surface area (Å²) >= 11 is 2.72. The van der Waals surface area contributed by atoms with E-state index in [4.69, 9.17) is 9.47 Å². The van der Waals surface area contributed by atoms with E-state index in [1.54, 1.807) is 36.1 Å². The number of amidine groups is 1. The van der Waals surface area contributed by atoms with E-state index in [2.05, 4.69) is 9.98 Å². The molecule has 8 nitrogen and oxygen atoms in total. The quantitative estimate of drug-likeness (QED) is 0.584. The number of likely N-dealkylation sites (N-methyl/N-ethyl adjacent to an activating group) is 1. The number of nitrogens with zero attached hydrogens (tertiary/aromatic N) is 3. The first kappa shape index (κ1) is 22.8. The third-order valence-electron chi connectivity index (χ3n) is 4.40. The van der Waals surface area contributed by atoms with Gasteiger partial charge in [-0.3, -0.25) is 9.69 Å². The molecule has 1 amide bonds. The van der Waals surface area contributed by atoms with Crippen LogP contribution in [0.3, 0.4) is 0 Å². The van der Waals surface area contributed by atoms with Crippen molar-refractivity contribution in [1.82, 2.24) is 9.88 Å². The van der Waals surface area contributed by atoms with Crippen molar-refractivity contribution >= 4 is 51.4 Å². The van der Waals surface area contributed by atoms with Crippen LogP contribution in [-0.4, -0.2) is 51.8 Å². The Balaban J connectivity index is 1.87. The monoisotopic (exact) mass is 461 g/mol. The summed E-state index contributed by atoms with van der Waals surface area (Å²) < 4.78 is 10.9. The second-order valence-electron chi connectivity index (χ2n) is 6.59. The summed E-state index contributed by atoms with van der Waals surface area (Å²) in [7, 11) is 1.48. The molecule has 3 rings (SSSR count). The van der Waals surface area contributed by atoms with Gasteiger partial charge in [-0.2, -0.15) is 4.99 Å². The number of carbonyl (C=O) groups excluding carboxylic acids is 1. The van der Waals surface area contributed by atoms with Gasteiger partial charge < -0.3 is 14.6 Å². The lowest BCUT2D eigenvalue weighted by atomic mass is 10.1. The Bertz CT molecular complexity index is 1050. The highest BCUT2D eigenvalue weighted by Crippen LogP contribution is 2.36. The number of carboxylic acids is 1. The standard InChI is InChI=1S/C21H23N3O5S2/c1-5-14(19(26)27)29-15-8-7-13(9-16(15)28-4)10-17-18(25)24(6-2)21(31-17)23-20-22-12(3)11-30-20/h7-11,14H,5-6H2,1-4H3,(H,26,27)/b17-10+,23-21+. The van der Waals surface area contributed by atoms with Crippen LogP contribution in [0.5, 0.6) is 11.5 Å². The van der Waals surface area contributed by atoms with Crippen molar-refractivity contribution in [2.75, 3.05) is 13.7 Å². The first-order chi connectivity index (χ1) is 14.9. The maximum absolute atomic E-state index is 12.8. The lowest BCUT2D eigenvalue weighted by Gasteiger charge is -2.16. The van der Waals surface area contributed by atoms with Crippen LogP contribution < -0.4 is 9.47 Å². The molecule has 2 aromatic rings. The lowest BCUT2D eigenvalue weighted by Crippen LogP contribution is -2.28. The Morgan fingerprint density at radius 3 is 2.71 bits per heavy atom. The predicted molar refractivity (Wildman–Crippen MR) is 122 cm³/mol. The van der Waals surface area contributed by atoms with Crippen LogP contribution in [-0.2, 0) is 9.59 Å². The van der Waals surface area contributed by atoms with Gasteiger partial charge in [0.15, 0.2) is 22.8 Å². The fourth-order valence-corrected chi connectivity index (χ4v) is 4.60. The van der Waals surface area contributed by atoms with Crippen LogP contribution >= 0.6 is 23.1 Å². The molecule has 0 spiro atoms. The zero-order valence-electron chi connectivity index (χ0n) is 17.6. The van der Waals surface area contributed by atoms with Crippen molar-refractivity contribution in [3.05, 3.63) is 39.7 Å². The summed E-state index contributed by atoms with van der Waals surface area (Å²) in [6.07, 6.45) is 1.12. The van der Waals surface area contributed by atoms with Gasteiger partial charge in [0.05, 0.1) is 17.7 Å². The molecule has 1 N–H and O–H groups in total. The van der Waals surface area contributed by atoms with Gasteiger partial charge in [0, 0.05) is 11.9 Å². The smallest absolute Gasteiger partial charge is 0.344 e. The van der Waals surface area contributed by atoms with Crippen molar-refractivity contribution in [1.29, 1.82) is 0 Å². The minimum Gasteiger partial charge on any atom is -0.493 e. The molecule has 1 aliphatic heterocycles. The number of thiazole rings is 1. The van der Waals surface area contributed by atoms with Crippen LogP contribution in [0.1, 0.15) is 31.5 Å². The summed E-state index contributed by atoms with van der Waals surface area (Å²) in [5, 5.41) is 12.3. The molecule has 1 fully saturated rings. The molecule has 0 radical (unpaired) electrons. The number of methoxy groups -OCH3 is 1. The van der Waals surface area contributed by atoms with E-state index in [0.29, 0.717) is 39.7 Å². The van der Waals surface area contributed by atoms with Crippen LogP contribution in [0.15, 0.2) is 33.5 Å². The van der Waals surface area contributed by atoms with E-state index in [-0.39, 0.29) is 5.91 Å². The van der Waals surface area contributed by atoms with Crippen LogP contribution in [0.25, 0.3) is 6.08 Å². The number of carbonyl (C=O) groups is 2. The molecule has 1 saturated heterocycles. The number of benzene rings is 1. The number of ether oxygens (including phenoxy) is 2. The largest absolute Gasteiger partial charge is 0.493 e. The van der Waals surface area contributed by atoms with Gasteiger partial charge in [0.1, 0.15) is 0 Å². The topological polar surface area (TPSA) is 101 Å². The molecular weight excluding hydrogens is 438 g/mol. The number of thioether (sulfide) groups is 1. The van der Waals surface area contributed by atoms with E-state index in [1.165, 1.54) is 30.2 Å². The molecule has 31 heavy (non-hydrogen) atoms. The van der Waals surface area contributed by atoms with Crippen molar-refractivity contribution in [2.45, 2.75) is 33.3 Å². The Hall–Kier alpha value is -2.85. The van der Waals surface area contributed by atoms with Gasteiger partial charge >= 0.3 is 5.97 Å². The Labute approximate surface area is 188 Å². The molecule has 1 aliphatic rings. The first-order valence-electron chi connectivity index (χ1n) is 9.66. The fraction of sp³-hybridized carbons (Fsp3) is 0.333. The number of hydrogen-bond donors (Lipinski definition) is 1. The van der Waals surface area contributed by atoms with Gasteiger partial charge in [0.25, 0.3) is 5.91 Å². The highest BCUT2D eigenvalue weighted by Gasteiger charge is 2.32. The normalized spacial score (nSPS) is 17.4. The van der Waals surface area contributed by atoms with Crippen molar-refractivity contribution in [2.24, 2.45) is 4.99 Å². The maximum Gasteiger partial charge on any atom is 0.344 e. The molecule has 0 bridgehead atoms. The Morgan fingerprint density at radius 1 is 1.35 bits per heavy atom. The van der Waals surface area contributed by atoms with E-state index < -0.39 is 12.1 Å². The Kier molecular flexibility index (Phi) is 7.34.